The van der Waals surface area contributed by atoms with Crippen LogP contribution in [0.15, 0.2) is 10.6 Å². The molecule has 1 aromatic carbocycles. The summed E-state index contributed by atoms with van der Waals surface area (Å²) in [5, 5.41) is 13.0. The number of nitrogens with zero attached hydrogens (tertiary/aromatic N) is 2. The number of rotatable bonds is 2. The van der Waals surface area contributed by atoms with Gasteiger partial charge in [-0.05, 0) is 18.6 Å². The smallest absolute Gasteiger partial charge is 0.240 e. The van der Waals surface area contributed by atoms with Gasteiger partial charge >= 0.3 is 0 Å². The van der Waals surface area contributed by atoms with Crippen molar-refractivity contribution in [3.8, 4) is 17.1 Å². The molecule has 7 heteroatoms. The van der Waals surface area contributed by atoms with Gasteiger partial charge in [-0.1, -0.05) is 16.8 Å². The van der Waals surface area contributed by atoms with E-state index in [-0.39, 0.29) is 28.8 Å². The van der Waals surface area contributed by atoms with Crippen LogP contribution in [0.5, 0.6) is 5.75 Å². The first-order valence-electron chi connectivity index (χ1n) is 4.75. The average molecular weight is 258 g/mol. The molecule has 0 fully saturated rings. The maximum Gasteiger partial charge on any atom is 0.240 e. The van der Waals surface area contributed by atoms with E-state index in [4.69, 9.17) is 21.9 Å². The number of phenols is 1. The third-order valence-corrected chi connectivity index (χ3v) is 2.72. The summed E-state index contributed by atoms with van der Waals surface area (Å²) in [7, 11) is 0. The molecule has 0 atom stereocenters. The molecule has 0 saturated carbocycles. The molecule has 5 nitrogen and oxygen atoms in total. The molecule has 0 aliphatic heterocycles. The van der Waals surface area contributed by atoms with Gasteiger partial charge in [-0.2, -0.15) is 4.98 Å². The summed E-state index contributed by atoms with van der Waals surface area (Å²) < 4.78 is 18.5. The minimum Gasteiger partial charge on any atom is -0.504 e. The molecule has 2 aromatic rings. The predicted octanol–water partition coefficient (Wildman–Crippen LogP) is 2.00. The van der Waals surface area contributed by atoms with Gasteiger partial charge in [0, 0.05) is 0 Å². The fourth-order valence-corrected chi connectivity index (χ4v) is 1.50. The second kappa shape index (κ2) is 4.31. The zero-order valence-electron chi connectivity index (χ0n) is 8.87. The number of halogens is 2. The number of phenolic OH excluding ortho intramolecular Hbond substituents is 1. The van der Waals surface area contributed by atoms with Crippen LogP contribution >= 0.6 is 11.6 Å². The lowest BCUT2D eigenvalue weighted by molar-refractivity contribution is 0.380. The van der Waals surface area contributed by atoms with Crippen LogP contribution < -0.4 is 5.73 Å². The molecular weight excluding hydrogens is 249 g/mol. The van der Waals surface area contributed by atoms with E-state index in [9.17, 15) is 9.50 Å². The average Bonchev–Trinajstić information content (AvgIpc) is 2.79. The van der Waals surface area contributed by atoms with Gasteiger partial charge in [0.05, 0.1) is 17.1 Å². The summed E-state index contributed by atoms with van der Waals surface area (Å²) in [6.45, 7) is 1.70. The highest BCUT2D eigenvalue weighted by Gasteiger charge is 2.19. The first kappa shape index (κ1) is 11.8. The van der Waals surface area contributed by atoms with Crippen molar-refractivity contribution in [2.75, 3.05) is 0 Å². The van der Waals surface area contributed by atoms with Crippen LogP contribution in [0.2, 0.25) is 5.02 Å². The molecule has 0 unspecified atom stereocenters. The van der Waals surface area contributed by atoms with Gasteiger partial charge in [-0.15, -0.1) is 0 Å². The second-order valence-corrected chi connectivity index (χ2v) is 3.81. The van der Waals surface area contributed by atoms with Gasteiger partial charge in [-0.25, -0.2) is 4.39 Å². The fourth-order valence-electron chi connectivity index (χ4n) is 1.36. The summed E-state index contributed by atoms with van der Waals surface area (Å²) in [5.41, 5.74) is 5.84. The summed E-state index contributed by atoms with van der Waals surface area (Å²) >= 11 is 5.70. The number of aromatic hydroxyl groups is 1. The van der Waals surface area contributed by atoms with Crippen LogP contribution in [-0.2, 0) is 6.54 Å². The van der Waals surface area contributed by atoms with Crippen LogP contribution in [0.1, 0.15) is 11.5 Å². The number of aromatic nitrogens is 2. The van der Waals surface area contributed by atoms with Gasteiger partial charge in [-0.3, -0.25) is 0 Å². The maximum absolute atomic E-state index is 13.8. The Morgan fingerprint density at radius 3 is 2.88 bits per heavy atom. The maximum atomic E-state index is 13.8. The fraction of sp³-hybridized carbons (Fsp3) is 0.200. The molecule has 1 aromatic heterocycles. The summed E-state index contributed by atoms with van der Waals surface area (Å²) in [6.07, 6.45) is 0. The number of nitrogens with two attached hydrogens (primary N) is 1. The zero-order chi connectivity index (χ0) is 12.6. The Morgan fingerprint density at radius 2 is 2.29 bits per heavy atom. The Kier molecular flexibility index (Phi) is 2.99. The largest absolute Gasteiger partial charge is 0.504 e. The molecule has 1 heterocycles. The highest BCUT2D eigenvalue weighted by atomic mass is 35.5. The third-order valence-electron chi connectivity index (χ3n) is 2.24. The number of aryl methyl sites for hydroxylation is 1. The van der Waals surface area contributed by atoms with Gasteiger partial charge < -0.3 is 15.4 Å². The molecule has 0 aliphatic rings. The van der Waals surface area contributed by atoms with E-state index >= 15 is 0 Å². The van der Waals surface area contributed by atoms with Crippen molar-refractivity contribution in [2.24, 2.45) is 5.73 Å². The van der Waals surface area contributed by atoms with E-state index in [1.165, 1.54) is 6.07 Å². The Labute approximate surface area is 101 Å². The predicted molar refractivity (Wildman–Crippen MR) is 59.0 cm³/mol. The van der Waals surface area contributed by atoms with Gasteiger partial charge in [0.1, 0.15) is 0 Å². The van der Waals surface area contributed by atoms with E-state index in [1.54, 1.807) is 6.92 Å². The van der Waals surface area contributed by atoms with E-state index in [1.807, 2.05) is 0 Å². The number of hydrogen-bond acceptors (Lipinski definition) is 5. The van der Waals surface area contributed by atoms with Crippen LogP contribution in [0.25, 0.3) is 11.4 Å². The molecule has 90 valence electrons. The second-order valence-electron chi connectivity index (χ2n) is 3.43. The van der Waals surface area contributed by atoms with Gasteiger partial charge in [0.2, 0.25) is 11.7 Å². The van der Waals surface area contributed by atoms with Gasteiger partial charge in [0.25, 0.3) is 0 Å². The van der Waals surface area contributed by atoms with Crippen molar-refractivity contribution in [1.82, 2.24) is 10.1 Å². The molecule has 0 spiro atoms. The minimum atomic E-state index is -0.884. The molecule has 17 heavy (non-hydrogen) atoms. The van der Waals surface area contributed by atoms with Crippen molar-refractivity contribution in [3.63, 3.8) is 0 Å². The molecule has 0 amide bonds. The monoisotopic (exact) mass is 257 g/mol. The minimum absolute atomic E-state index is 0.0212. The Morgan fingerprint density at radius 1 is 1.59 bits per heavy atom. The normalized spacial score (nSPS) is 10.8. The molecule has 0 radical (unpaired) electrons. The molecule has 2 rings (SSSR count). The molecule has 0 bridgehead atoms. The molecule has 0 saturated heterocycles. The summed E-state index contributed by atoms with van der Waals surface area (Å²) in [6, 6.07) is 1.43. The van der Waals surface area contributed by atoms with E-state index < -0.39 is 11.6 Å². The highest BCUT2D eigenvalue weighted by molar-refractivity contribution is 6.32. The Bertz CT molecular complexity index is 571. The Hall–Kier alpha value is -1.66. The van der Waals surface area contributed by atoms with E-state index in [0.717, 1.165) is 0 Å². The lowest BCUT2D eigenvalue weighted by atomic mass is 10.1. The first-order valence-corrected chi connectivity index (χ1v) is 5.13. The SMILES string of the molecule is Cc1cc(-c2noc(CN)n2)c(F)c(O)c1Cl. The first-order chi connectivity index (χ1) is 8.04. The third kappa shape index (κ3) is 1.96. The molecule has 3 N–H and O–H groups in total. The molecule has 0 aliphatic carbocycles. The lowest BCUT2D eigenvalue weighted by Crippen LogP contribution is -1.96. The topological polar surface area (TPSA) is 85.2 Å². The van der Waals surface area contributed by atoms with Crippen molar-refractivity contribution >= 4 is 11.6 Å². The zero-order valence-corrected chi connectivity index (χ0v) is 9.62. The lowest BCUT2D eigenvalue weighted by Gasteiger charge is -2.05. The van der Waals surface area contributed by atoms with Crippen molar-refractivity contribution < 1.29 is 14.0 Å². The highest BCUT2D eigenvalue weighted by Crippen LogP contribution is 2.35. The van der Waals surface area contributed by atoms with Crippen LogP contribution in [0, 0.1) is 12.7 Å². The van der Waals surface area contributed by atoms with E-state index in [0.29, 0.717) is 5.56 Å². The van der Waals surface area contributed by atoms with Crippen molar-refractivity contribution in [3.05, 3.63) is 28.4 Å². The quantitative estimate of drug-likeness (QED) is 0.859. The van der Waals surface area contributed by atoms with Crippen molar-refractivity contribution in [1.29, 1.82) is 0 Å². The Balaban J connectivity index is 2.59. The van der Waals surface area contributed by atoms with Crippen LogP contribution in [-0.4, -0.2) is 15.2 Å². The van der Waals surface area contributed by atoms with Crippen molar-refractivity contribution in [2.45, 2.75) is 13.5 Å². The van der Waals surface area contributed by atoms with E-state index in [2.05, 4.69) is 10.1 Å². The van der Waals surface area contributed by atoms with Crippen LogP contribution in [0.3, 0.4) is 0 Å². The standard InChI is InChI=1S/C10H9ClFN3O2/c1-4-2-5(8(12)9(16)7(4)11)10-14-6(3-13)17-15-10/h2,16H,3,13H2,1H3. The number of benzene rings is 1. The van der Waals surface area contributed by atoms with Gasteiger partial charge in [0.15, 0.2) is 11.6 Å². The number of hydrogen-bond donors (Lipinski definition) is 2. The molecular formula is C10H9ClFN3O2. The summed E-state index contributed by atoms with van der Waals surface area (Å²) in [5.74, 6) is -1.30. The van der Waals surface area contributed by atoms with Crippen LogP contribution in [0.4, 0.5) is 4.39 Å². The summed E-state index contributed by atoms with van der Waals surface area (Å²) in [4.78, 5) is 3.87.